The number of fused-ring (bicyclic) bond motifs is 1. The third kappa shape index (κ3) is 4.22. The van der Waals surface area contributed by atoms with Crippen LogP contribution in [0.5, 0.6) is 5.75 Å². The molecule has 1 atom stereocenters. The zero-order valence-corrected chi connectivity index (χ0v) is 15.5. The van der Waals surface area contributed by atoms with Crippen LogP contribution in [0.3, 0.4) is 0 Å². The van der Waals surface area contributed by atoms with Crippen molar-refractivity contribution in [3.8, 4) is 17.1 Å². The summed E-state index contributed by atoms with van der Waals surface area (Å²) in [7, 11) is 0. The van der Waals surface area contributed by atoms with Gasteiger partial charge in [-0.25, -0.2) is 0 Å². The molecule has 8 nitrogen and oxygen atoms in total. The molecule has 1 heterocycles. The Hall–Kier alpha value is -3.78. The molecular formula is C21H19N5O3. The first-order valence-corrected chi connectivity index (χ1v) is 9.07. The van der Waals surface area contributed by atoms with Crippen LogP contribution in [0.25, 0.3) is 22.2 Å². The molecule has 146 valence electrons. The summed E-state index contributed by atoms with van der Waals surface area (Å²) in [6.45, 7) is 0.231. The molecule has 0 bridgehead atoms. The van der Waals surface area contributed by atoms with Crippen molar-refractivity contribution in [1.29, 1.82) is 0 Å². The monoisotopic (exact) mass is 389 g/mol. The predicted molar refractivity (Wildman–Crippen MR) is 107 cm³/mol. The highest BCUT2D eigenvalue weighted by molar-refractivity contribution is 5.93. The first-order valence-electron chi connectivity index (χ1n) is 9.07. The van der Waals surface area contributed by atoms with E-state index in [-0.39, 0.29) is 13.2 Å². The molecule has 0 radical (unpaired) electrons. The Balaban J connectivity index is 1.39. The lowest BCUT2D eigenvalue weighted by atomic mass is 10.1. The molecule has 0 aliphatic rings. The quantitative estimate of drug-likeness (QED) is 0.500. The van der Waals surface area contributed by atoms with Crippen molar-refractivity contribution in [2.75, 3.05) is 6.61 Å². The lowest BCUT2D eigenvalue weighted by molar-refractivity contribution is 0.0857. The van der Waals surface area contributed by atoms with Crippen molar-refractivity contribution >= 4 is 16.7 Å². The van der Waals surface area contributed by atoms with Crippen molar-refractivity contribution < 1.29 is 14.6 Å². The number of hydrogen-bond acceptors (Lipinski definition) is 6. The van der Waals surface area contributed by atoms with Crippen LogP contribution < -0.4 is 10.5 Å². The smallest absolute Gasteiger partial charge is 0.248 e. The highest BCUT2D eigenvalue weighted by Crippen LogP contribution is 2.25. The van der Waals surface area contributed by atoms with Gasteiger partial charge in [0.25, 0.3) is 0 Å². The van der Waals surface area contributed by atoms with Crippen molar-refractivity contribution in [3.05, 3.63) is 72.3 Å². The lowest BCUT2D eigenvalue weighted by Crippen LogP contribution is -2.25. The van der Waals surface area contributed by atoms with E-state index in [0.717, 1.165) is 10.8 Å². The first kappa shape index (κ1) is 18.6. The molecule has 0 saturated carbocycles. The van der Waals surface area contributed by atoms with Gasteiger partial charge in [0.15, 0.2) is 0 Å². The largest absolute Gasteiger partial charge is 0.490 e. The Kier molecular flexibility index (Phi) is 5.17. The molecule has 29 heavy (non-hydrogen) atoms. The molecule has 0 unspecified atom stereocenters. The van der Waals surface area contributed by atoms with Crippen molar-refractivity contribution in [2.45, 2.75) is 12.6 Å². The molecule has 0 saturated heterocycles. The average molecular weight is 389 g/mol. The Labute approximate surface area is 166 Å². The summed E-state index contributed by atoms with van der Waals surface area (Å²) in [5.41, 5.74) is 6.34. The second-order valence-electron chi connectivity index (χ2n) is 6.55. The number of nitrogens with two attached hydrogens (primary N) is 1. The number of nitrogens with zero attached hydrogens (tertiary/aromatic N) is 4. The number of carbonyl (C=O) groups excluding carboxylic acids is 1. The fourth-order valence-electron chi connectivity index (χ4n) is 2.97. The number of rotatable bonds is 7. The van der Waals surface area contributed by atoms with Crippen LogP contribution in [0.4, 0.5) is 0 Å². The second-order valence-corrected chi connectivity index (χ2v) is 6.55. The Morgan fingerprint density at radius 1 is 1.07 bits per heavy atom. The number of primary amides is 1. The predicted octanol–water partition coefficient (Wildman–Crippen LogP) is 2.03. The SMILES string of the molecule is NC(=O)c1ccc(-c2nnn(C[C@@H](O)COc3cccc4ccccc34)n2)cc1. The van der Waals surface area contributed by atoms with E-state index in [2.05, 4.69) is 15.4 Å². The van der Waals surface area contributed by atoms with E-state index >= 15 is 0 Å². The second kappa shape index (κ2) is 8.07. The number of ether oxygens (including phenoxy) is 1. The van der Waals surface area contributed by atoms with Crippen LogP contribution in [-0.4, -0.2) is 43.9 Å². The molecule has 8 heteroatoms. The van der Waals surface area contributed by atoms with Crippen LogP contribution in [0.1, 0.15) is 10.4 Å². The Bertz CT molecular complexity index is 1140. The summed E-state index contributed by atoms with van der Waals surface area (Å²) in [6, 6.07) is 20.3. The van der Waals surface area contributed by atoms with Crippen molar-refractivity contribution in [1.82, 2.24) is 20.2 Å². The maximum Gasteiger partial charge on any atom is 0.248 e. The van der Waals surface area contributed by atoms with Gasteiger partial charge in [0.1, 0.15) is 18.5 Å². The summed E-state index contributed by atoms with van der Waals surface area (Å²) in [5.74, 6) is 0.606. The topological polar surface area (TPSA) is 116 Å². The van der Waals surface area contributed by atoms with Crippen LogP contribution >= 0.6 is 0 Å². The molecule has 0 spiro atoms. The minimum absolute atomic E-state index is 0.0954. The molecule has 0 fully saturated rings. The summed E-state index contributed by atoms with van der Waals surface area (Å²) in [6.07, 6.45) is -0.812. The van der Waals surface area contributed by atoms with Gasteiger partial charge in [-0.15, -0.1) is 10.2 Å². The number of hydrogen-bond donors (Lipinski definition) is 2. The fourth-order valence-corrected chi connectivity index (χ4v) is 2.97. The fraction of sp³-hybridized carbons (Fsp3) is 0.143. The van der Waals surface area contributed by atoms with E-state index in [9.17, 15) is 9.90 Å². The van der Waals surface area contributed by atoms with Crippen molar-refractivity contribution in [3.63, 3.8) is 0 Å². The van der Waals surface area contributed by atoms with E-state index in [1.807, 2.05) is 42.5 Å². The molecule has 3 aromatic carbocycles. The minimum atomic E-state index is -0.812. The maximum absolute atomic E-state index is 11.1. The van der Waals surface area contributed by atoms with Crippen molar-refractivity contribution in [2.24, 2.45) is 5.73 Å². The number of benzene rings is 3. The van der Waals surface area contributed by atoms with E-state index in [0.29, 0.717) is 22.7 Å². The molecule has 1 aromatic heterocycles. The average Bonchev–Trinajstić information content (AvgIpc) is 3.20. The molecule has 3 N–H and O–H groups in total. The van der Waals surface area contributed by atoms with Gasteiger partial charge in [0, 0.05) is 16.5 Å². The lowest BCUT2D eigenvalue weighted by Gasteiger charge is -2.13. The Morgan fingerprint density at radius 2 is 1.83 bits per heavy atom. The van der Waals surface area contributed by atoms with E-state index in [4.69, 9.17) is 10.5 Å². The van der Waals surface area contributed by atoms with Gasteiger partial charge in [-0.05, 0) is 28.8 Å². The van der Waals surface area contributed by atoms with Crippen LogP contribution in [-0.2, 0) is 6.54 Å². The molecule has 4 rings (SSSR count). The van der Waals surface area contributed by atoms with Gasteiger partial charge in [0.2, 0.25) is 11.7 Å². The van der Waals surface area contributed by atoms with E-state index in [1.165, 1.54) is 4.80 Å². The third-order valence-corrected chi connectivity index (χ3v) is 4.44. The van der Waals surface area contributed by atoms with Gasteiger partial charge in [-0.2, -0.15) is 4.80 Å². The number of aliphatic hydroxyl groups is 1. The number of carbonyl (C=O) groups is 1. The molecule has 1 amide bonds. The third-order valence-electron chi connectivity index (χ3n) is 4.44. The van der Waals surface area contributed by atoms with Gasteiger partial charge < -0.3 is 15.6 Å². The molecule has 0 aliphatic carbocycles. The van der Waals surface area contributed by atoms with Gasteiger partial charge >= 0.3 is 0 Å². The zero-order chi connectivity index (χ0) is 20.2. The molecule has 4 aromatic rings. The maximum atomic E-state index is 11.1. The number of aromatic nitrogens is 4. The van der Waals surface area contributed by atoms with Crippen LogP contribution in [0.15, 0.2) is 66.7 Å². The Morgan fingerprint density at radius 3 is 2.62 bits per heavy atom. The summed E-state index contributed by atoms with van der Waals surface area (Å²) in [5, 5.41) is 24.6. The highest BCUT2D eigenvalue weighted by atomic mass is 16.5. The van der Waals surface area contributed by atoms with E-state index < -0.39 is 12.0 Å². The normalized spacial score (nSPS) is 12.0. The summed E-state index contributed by atoms with van der Waals surface area (Å²) in [4.78, 5) is 12.5. The standard InChI is InChI=1S/C21H19N5O3/c22-20(28)15-8-10-16(11-9-15)21-23-25-26(24-21)12-17(27)13-29-19-7-3-5-14-4-1-2-6-18(14)19/h1-11,17,27H,12-13H2,(H2,22,28)/t17-/m1/s1. The zero-order valence-electron chi connectivity index (χ0n) is 15.5. The van der Waals surface area contributed by atoms with Gasteiger partial charge in [-0.3, -0.25) is 4.79 Å². The molecular weight excluding hydrogens is 370 g/mol. The summed E-state index contributed by atoms with van der Waals surface area (Å²) >= 11 is 0. The van der Waals surface area contributed by atoms with Gasteiger partial charge in [0.05, 0.1) is 6.54 Å². The van der Waals surface area contributed by atoms with Crippen LogP contribution in [0.2, 0.25) is 0 Å². The first-order chi connectivity index (χ1) is 14.1. The number of amides is 1. The van der Waals surface area contributed by atoms with Crippen LogP contribution in [0, 0.1) is 0 Å². The highest BCUT2D eigenvalue weighted by Gasteiger charge is 2.12. The van der Waals surface area contributed by atoms with Gasteiger partial charge in [-0.1, -0.05) is 48.5 Å². The summed E-state index contributed by atoms with van der Waals surface area (Å²) < 4.78 is 5.80. The number of tetrazole rings is 1. The molecule has 0 aliphatic heterocycles. The van der Waals surface area contributed by atoms with E-state index in [1.54, 1.807) is 24.3 Å². The minimum Gasteiger partial charge on any atom is -0.490 e. The number of aliphatic hydroxyl groups excluding tert-OH is 1.